The maximum absolute atomic E-state index is 9.10. The summed E-state index contributed by atoms with van der Waals surface area (Å²) in [5.74, 6) is -3.65. The van der Waals surface area contributed by atoms with Gasteiger partial charge in [-0.3, -0.25) is 4.98 Å². The van der Waals surface area contributed by atoms with Crippen LogP contribution in [0.4, 0.5) is 0 Å². The maximum atomic E-state index is 9.10. The Hall–Kier alpha value is -1.95. The maximum Gasteiger partial charge on any atom is 0.414 e. The monoisotopic (exact) mass is 210 g/mol. The molecular formula is C9H10N2O4. The Labute approximate surface area is 85.6 Å². The molecule has 2 rings (SSSR count). The smallest absolute Gasteiger partial charge is 0.414 e. The molecule has 1 aliphatic rings. The van der Waals surface area contributed by atoms with E-state index in [1.54, 1.807) is 0 Å². The van der Waals surface area contributed by atoms with E-state index >= 15 is 0 Å². The fourth-order valence-corrected chi connectivity index (χ4v) is 1.11. The molecule has 0 atom stereocenters. The largest absolute Gasteiger partial charge is 0.473 e. The lowest BCUT2D eigenvalue weighted by Gasteiger charge is -1.90. The van der Waals surface area contributed by atoms with E-state index in [0.29, 0.717) is 0 Å². The van der Waals surface area contributed by atoms with Gasteiger partial charge in [0.15, 0.2) is 0 Å². The van der Waals surface area contributed by atoms with Crippen LogP contribution in [0, 0.1) is 0 Å². The Bertz CT molecular complexity index is 343. The van der Waals surface area contributed by atoms with E-state index in [9.17, 15) is 0 Å². The normalized spacial score (nSPS) is 12.3. The average Bonchev–Trinajstić information content (AvgIpc) is 2.66. The Morgan fingerprint density at radius 3 is 2.47 bits per heavy atom. The Morgan fingerprint density at radius 2 is 1.93 bits per heavy atom. The lowest BCUT2D eigenvalue weighted by molar-refractivity contribution is -0.159. The number of aromatic nitrogens is 1. The van der Waals surface area contributed by atoms with E-state index in [4.69, 9.17) is 19.8 Å². The quantitative estimate of drug-likeness (QED) is 0.514. The summed E-state index contributed by atoms with van der Waals surface area (Å²) >= 11 is 0. The Kier molecular flexibility index (Phi) is 3.75. The molecule has 15 heavy (non-hydrogen) atoms. The molecule has 1 aromatic heterocycles. The van der Waals surface area contributed by atoms with Crippen molar-refractivity contribution in [2.75, 3.05) is 0 Å². The number of hydrogen-bond acceptors (Lipinski definition) is 4. The van der Waals surface area contributed by atoms with Crippen LogP contribution in [-0.2, 0) is 22.7 Å². The van der Waals surface area contributed by atoms with Crippen LogP contribution in [0.2, 0.25) is 0 Å². The fraction of sp³-hybridized carbons (Fsp3) is 0.222. The van der Waals surface area contributed by atoms with E-state index in [2.05, 4.69) is 16.4 Å². The van der Waals surface area contributed by atoms with Gasteiger partial charge in [-0.2, -0.15) is 0 Å². The van der Waals surface area contributed by atoms with Gasteiger partial charge in [0.2, 0.25) is 0 Å². The predicted molar refractivity (Wildman–Crippen MR) is 50.1 cm³/mol. The van der Waals surface area contributed by atoms with Crippen LogP contribution < -0.4 is 5.32 Å². The summed E-state index contributed by atoms with van der Waals surface area (Å²) in [6.45, 7) is 1.93. The molecule has 2 heterocycles. The number of carbonyl (C=O) groups is 2. The van der Waals surface area contributed by atoms with Crippen LogP contribution in [0.1, 0.15) is 11.3 Å². The van der Waals surface area contributed by atoms with Crippen LogP contribution >= 0.6 is 0 Å². The molecular weight excluding hydrogens is 200 g/mol. The molecule has 0 aromatic carbocycles. The minimum absolute atomic E-state index is 0.941. The summed E-state index contributed by atoms with van der Waals surface area (Å²) in [4.78, 5) is 22.4. The third kappa shape index (κ3) is 3.35. The molecule has 0 saturated carbocycles. The summed E-state index contributed by atoms with van der Waals surface area (Å²) in [7, 11) is 0. The average molecular weight is 210 g/mol. The summed E-state index contributed by atoms with van der Waals surface area (Å²) in [6, 6.07) is 4.09. The highest BCUT2D eigenvalue weighted by Crippen LogP contribution is 2.09. The van der Waals surface area contributed by atoms with Gasteiger partial charge in [-0.05, 0) is 11.6 Å². The lowest BCUT2D eigenvalue weighted by atomic mass is 10.2. The zero-order chi connectivity index (χ0) is 11.3. The molecule has 0 aliphatic carbocycles. The molecule has 0 radical (unpaired) electrons. The van der Waals surface area contributed by atoms with Crippen molar-refractivity contribution in [1.29, 1.82) is 0 Å². The molecule has 80 valence electrons. The summed E-state index contributed by atoms with van der Waals surface area (Å²) in [6.07, 6.45) is 1.84. The van der Waals surface area contributed by atoms with Crippen molar-refractivity contribution in [3.05, 3.63) is 29.6 Å². The second kappa shape index (κ2) is 5.06. The standard InChI is InChI=1S/C7H8N2.C2H2O4/c1-2-6-4-8-5-7(6)9-3-1;3-1(4)2(5)6/h1-3,8H,4-5H2;(H,3,4)(H,5,6). The summed E-state index contributed by atoms with van der Waals surface area (Å²) in [5.41, 5.74) is 2.55. The first-order chi connectivity index (χ1) is 7.11. The highest BCUT2D eigenvalue weighted by Gasteiger charge is 2.07. The van der Waals surface area contributed by atoms with Gasteiger partial charge in [-0.15, -0.1) is 0 Å². The Morgan fingerprint density at radius 1 is 1.27 bits per heavy atom. The van der Waals surface area contributed by atoms with Gasteiger partial charge in [-0.1, -0.05) is 6.07 Å². The number of hydrogen-bond donors (Lipinski definition) is 3. The van der Waals surface area contributed by atoms with Crippen molar-refractivity contribution < 1.29 is 19.8 Å². The van der Waals surface area contributed by atoms with E-state index < -0.39 is 11.9 Å². The van der Waals surface area contributed by atoms with Crippen molar-refractivity contribution in [3.8, 4) is 0 Å². The van der Waals surface area contributed by atoms with Crippen LogP contribution in [0.5, 0.6) is 0 Å². The third-order valence-corrected chi connectivity index (χ3v) is 1.78. The van der Waals surface area contributed by atoms with Crippen molar-refractivity contribution in [2.45, 2.75) is 13.1 Å². The zero-order valence-electron chi connectivity index (χ0n) is 7.80. The SMILES string of the molecule is O=C(O)C(=O)O.c1cnc2c(c1)CNC2. The van der Waals surface area contributed by atoms with Crippen molar-refractivity contribution in [3.63, 3.8) is 0 Å². The van der Waals surface area contributed by atoms with Gasteiger partial charge in [0.25, 0.3) is 0 Å². The van der Waals surface area contributed by atoms with Crippen molar-refractivity contribution in [2.24, 2.45) is 0 Å². The first-order valence-corrected chi connectivity index (χ1v) is 4.21. The number of carboxylic acids is 2. The van der Waals surface area contributed by atoms with E-state index in [1.807, 2.05) is 12.3 Å². The van der Waals surface area contributed by atoms with Gasteiger partial charge in [0, 0.05) is 19.3 Å². The molecule has 1 aliphatic heterocycles. The first kappa shape index (κ1) is 11.1. The highest BCUT2D eigenvalue weighted by atomic mass is 16.4. The number of nitrogens with one attached hydrogen (secondary N) is 1. The Balaban J connectivity index is 0.000000167. The molecule has 0 unspecified atom stereocenters. The minimum atomic E-state index is -1.82. The number of aliphatic carboxylic acids is 2. The van der Waals surface area contributed by atoms with E-state index in [-0.39, 0.29) is 0 Å². The van der Waals surface area contributed by atoms with Gasteiger partial charge in [0.05, 0.1) is 5.69 Å². The summed E-state index contributed by atoms with van der Waals surface area (Å²) < 4.78 is 0. The second-order valence-electron chi connectivity index (χ2n) is 2.82. The van der Waals surface area contributed by atoms with Crippen molar-refractivity contribution >= 4 is 11.9 Å². The first-order valence-electron chi connectivity index (χ1n) is 4.21. The lowest BCUT2D eigenvalue weighted by Crippen LogP contribution is -2.09. The highest BCUT2D eigenvalue weighted by molar-refractivity contribution is 6.27. The van der Waals surface area contributed by atoms with Crippen LogP contribution in [0.25, 0.3) is 0 Å². The third-order valence-electron chi connectivity index (χ3n) is 1.78. The zero-order valence-corrected chi connectivity index (χ0v) is 7.80. The van der Waals surface area contributed by atoms with Gasteiger partial charge in [-0.25, -0.2) is 9.59 Å². The molecule has 6 heteroatoms. The molecule has 0 spiro atoms. The number of pyridine rings is 1. The minimum Gasteiger partial charge on any atom is -0.473 e. The number of nitrogens with zero attached hydrogens (tertiary/aromatic N) is 1. The molecule has 0 bridgehead atoms. The van der Waals surface area contributed by atoms with Crippen LogP contribution in [0.3, 0.4) is 0 Å². The molecule has 0 fully saturated rings. The van der Waals surface area contributed by atoms with Crippen molar-refractivity contribution in [1.82, 2.24) is 10.3 Å². The predicted octanol–water partition coefficient (Wildman–Crippen LogP) is -0.160. The number of carboxylic acid groups (broad SMARTS) is 2. The number of rotatable bonds is 0. The van der Waals surface area contributed by atoms with Crippen LogP contribution in [-0.4, -0.2) is 27.1 Å². The van der Waals surface area contributed by atoms with Gasteiger partial charge >= 0.3 is 11.9 Å². The van der Waals surface area contributed by atoms with E-state index in [0.717, 1.165) is 13.1 Å². The molecule has 6 nitrogen and oxygen atoms in total. The molecule has 0 saturated heterocycles. The molecule has 3 N–H and O–H groups in total. The summed E-state index contributed by atoms with van der Waals surface area (Å²) in [5, 5.41) is 18.0. The van der Waals surface area contributed by atoms with Gasteiger partial charge < -0.3 is 15.5 Å². The van der Waals surface area contributed by atoms with Gasteiger partial charge in [0.1, 0.15) is 0 Å². The van der Waals surface area contributed by atoms with Crippen LogP contribution in [0.15, 0.2) is 18.3 Å². The topological polar surface area (TPSA) is 99.5 Å². The van der Waals surface area contributed by atoms with E-state index in [1.165, 1.54) is 11.3 Å². The second-order valence-corrected chi connectivity index (χ2v) is 2.82. The molecule has 1 aromatic rings. The molecule has 0 amide bonds. The number of fused-ring (bicyclic) bond motifs is 1. The fourth-order valence-electron chi connectivity index (χ4n) is 1.11.